The van der Waals surface area contributed by atoms with Crippen molar-refractivity contribution in [2.24, 2.45) is 11.3 Å². The summed E-state index contributed by atoms with van der Waals surface area (Å²) < 4.78 is 5.56. The van der Waals surface area contributed by atoms with Crippen molar-refractivity contribution in [2.75, 3.05) is 52.5 Å². The number of nitrogens with one attached hydrogen (secondary N) is 1. The minimum atomic E-state index is -0.184. The van der Waals surface area contributed by atoms with E-state index in [1.54, 1.807) is 0 Å². The molecule has 3 atom stereocenters. The summed E-state index contributed by atoms with van der Waals surface area (Å²) in [5.41, 5.74) is 1.20. The van der Waals surface area contributed by atoms with Crippen LogP contribution in [0.2, 0.25) is 0 Å². The second-order valence-electron chi connectivity index (χ2n) is 9.79. The average molecular weight is 428 g/mol. The van der Waals surface area contributed by atoms with E-state index < -0.39 is 0 Å². The van der Waals surface area contributed by atoms with E-state index in [0.717, 1.165) is 91.0 Å². The molecule has 172 valence electrons. The fourth-order valence-electron chi connectivity index (χ4n) is 6.11. The Morgan fingerprint density at radius 1 is 1.13 bits per heavy atom. The number of carbonyl (C=O) groups excluding carboxylic acids is 1. The Labute approximate surface area is 188 Å². The van der Waals surface area contributed by atoms with Crippen molar-refractivity contribution in [3.05, 3.63) is 35.9 Å². The second kappa shape index (κ2) is 10.9. The smallest absolute Gasteiger partial charge is 0.227 e. The molecule has 31 heavy (non-hydrogen) atoms. The van der Waals surface area contributed by atoms with Gasteiger partial charge in [0.1, 0.15) is 0 Å². The number of likely N-dealkylation sites (tertiary alicyclic amines) is 1. The highest BCUT2D eigenvalue weighted by atomic mass is 16.5. The van der Waals surface area contributed by atoms with Gasteiger partial charge in [0, 0.05) is 32.2 Å². The SMILES string of the molecule is CCN1CC[C@@H]2C[C@@H](N3CCOCC3)CC[C@@]2(C(=O)NCCCCc2ccccc2)C1. The molecule has 0 bridgehead atoms. The van der Waals surface area contributed by atoms with Gasteiger partial charge in [-0.15, -0.1) is 0 Å². The van der Waals surface area contributed by atoms with Crippen molar-refractivity contribution in [1.29, 1.82) is 0 Å². The fourth-order valence-corrected chi connectivity index (χ4v) is 6.11. The van der Waals surface area contributed by atoms with Gasteiger partial charge in [0.15, 0.2) is 0 Å². The van der Waals surface area contributed by atoms with E-state index in [9.17, 15) is 4.79 Å². The largest absolute Gasteiger partial charge is 0.379 e. The van der Waals surface area contributed by atoms with Crippen LogP contribution in [0.1, 0.15) is 51.0 Å². The van der Waals surface area contributed by atoms with E-state index in [0.29, 0.717) is 17.9 Å². The van der Waals surface area contributed by atoms with Gasteiger partial charge in [-0.1, -0.05) is 37.3 Å². The third-order valence-corrected chi connectivity index (χ3v) is 8.04. The first kappa shape index (κ1) is 22.8. The summed E-state index contributed by atoms with van der Waals surface area (Å²) in [6, 6.07) is 11.3. The molecular weight excluding hydrogens is 386 g/mol. The van der Waals surface area contributed by atoms with Crippen molar-refractivity contribution < 1.29 is 9.53 Å². The number of fused-ring (bicyclic) bond motifs is 1. The number of rotatable bonds is 8. The average Bonchev–Trinajstić information content (AvgIpc) is 2.84. The Balaban J connectivity index is 1.32. The molecular formula is C26H41N3O2. The molecule has 1 N–H and O–H groups in total. The first-order chi connectivity index (χ1) is 15.2. The van der Waals surface area contributed by atoms with Crippen LogP contribution in [-0.2, 0) is 16.0 Å². The van der Waals surface area contributed by atoms with Gasteiger partial charge in [0.25, 0.3) is 0 Å². The monoisotopic (exact) mass is 427 g/mol. The van der Waals surface area contributed by atoms with Gasteiger partial charge in [0.2, 0.25) is 5.91 Å². The number of ether oxygens (including phenoxy) is 1. The predicted molar refractivity (Wildman–Crippen MR) is 125 cm³/mol. The van der Waals surface area contributed by atoms with Gasteiger partial charge >= 0.3 is 0 Å². The van der Waals surface area contributed by atoms with Crippen LogP contribution in [0.4, 0.5) is 0 Å². The molecule has 1 saturated carbocycles. The highest BCUT2D eigenvalue weighted by Crippen LogP contribution is 2.47. The van der Waals surface area contributed by atoms with Crippen LogP contribution in [0.15, 0.2) is 30.3 Å². The normalized spacial score (nSPS) is 30.0. The Morgan fingerprint density at radius 3 is 2.71 bits per heavy atom. The Hall–Kier alpha value is -1.43. The van der Waals surface area contributed by atoms with E-state index in [2.05, 4.69) is 52.4 Å². The topological polar surface area (TPSA) is 44.8 Å². The molecule has 2 aliphatic heterocycles. The molecule has 1 aromatic carbocycles. The van der Waals surface area contributed by atoms with Gasteiger partial charge in [-0.05, 0) is 69.5 Å². The molecule has 2 saturated heterocycles. The molecule has 2 heterocycles. The number of morpholine rings is 1. The summed E-state index contributed by atoms with van der Waals surface area (Å²) >= 11 is 0. The number of hydrogen-bond donors (Lipinski definition) is 1. The number of amides is 1. The standard InChI is InChI=1S/C26H41N3O2/c1-2-28-15-12-23-20-24(29-16-18-31-19-17-29)11-13-26(23,21-28)25(30)27-14-7-6-10-22-8-4-3-5-9-22/h3-5,8-9,23-24H,2,6-7,10-21H2,1H3,(H,27,30)/t23-,24+,26-/m1/s1. The molecule has 1 amide bonds. The van der Waals surface area contributed by atoms with E-state index >= 15 is 0 Å². The van der Waals surface area contributed by atoms with Crippen LogP contribution >= 0.6 is 0 Å². The maximum absolute atomic E-state index is 13.6. The summed E-state index contributed by atoms with van der Waals surface area (Å²) in [5, 5.41) is 3.37. The minimum Gasteiger partial charge on any atom is -0.379 e. The Kier molecular flexibility index (Phi) is 8.02. The molecule has 5 heteroatoms. The zero-order valence-electron chi connectivity index (χ0n) is 19.4. The van der Waals surface area contributed by atoms with Crippen molar-refractivity contribution >= 4 is 5.91 Å². The molecule has 3 fully saturated rings. The molecule has 0 unspecified atom stereocenters. The minimum absolute atomic E-state index is 0.184. The van der Waals surface area contributed by atoms with Gasteiger partial charge in [-0.2, -0.15) is 0 Å². The van der Waals surface area contributed by atoms with Crippen molar-refractivity contribution in [3.63, 3.8) is 0 Å². The van der Waals surface area contributed by atoms with Crippen molar-refractivity contribution in [1.82, 2.24) is 15.1 Å². The second-order valence-corrected chi connectivity index (χ2v) is 9.79. The van der Waals surface area contributed by atoms with Crippen LogP contribution in [0.3, 0.4) is 0 Å². The van der Waals surface area contributed by atoms with Gasteiger partial charge in [-0.3, -0.25) is 9.69 Å². The lowest BCUT2D eigenvalue weighted by Gasteiger charge is -2.53. The first-order valence-electron chi connectivity index (χ1n) is 12.6. The molecule has 3 aliphatic rings. The number of piperidine rings is 1. The van der Waals surface area contributed by atoms with E-state index in [4.69, 9.17) is 4.74 Å². The third kappa shape index (κ3) is 5.50. The summed E-state index contributed by atoms with van der Waals surface area (Å²) in [5.74, 6) is 0.844. The van der Waals surface area contributed by atoms with Crippen LogP contribution in [-0.4, -0.2) is 74.2 Å². The lowest BCUT2D eigenvalue weighted by atomic mass is 9.61. The Morgan fingerprint density at radius 2 is 1.94 bits per heavy atom. The highest BCUT2D eigenvalue weighted by Gasteiger charge is 2.52. The van der Waals surface area contributed by atoms with Gasteiger partial charge < -0.3 is 15.0 Å². The number of nitrogens with zero attached hydrogens (tertiary/aromatic N) is 2. The van der Waals surface area contributed by atoms with E-state index in [1.165, 1.54) is 12.0 Å². The molecule has 0 spiro atoms. The molecule has 0 aromatic heterocycles. The van der Waals surface area contributed by atoms with Gasteiger partial charge in [0.05, 0.1) is 18.6 Å². The Bertz CT molecular complexity index is 691. The number of carbonyl (C=O) groups is 1. The number of aryl methyl sites for hydroxylation is 1. The molecule has 5 nitrogen and oxygen atoms in total. The zero-order valence-corrected chi connectivity index (χ0v) is 19.4. The third-order valence-electron chi connectivity index (χ3n) is 8.04. The van der Waals surface area contributed by atoms with Crippen LogP contribution in [0, 0.1) is 11.3 Å². The lowest BCUT2D eigenvalue weighted by molar-refractivity contribution is -0.144. The number of hydrogen-bond acceptors (Lipinski definition) is 4. The maximum Gasteiger partial charge on any atom is 0.227 e. The van der Waals surface area contributed by atoms with Crippen LogP contribution < -0.4 is 5.32 Å². The fraction of sp³-hybridized carbons (Fsp3) is 0.731. The van der Waals surface area contributed by atoms with Crippen LogP contribution in [0.5, 0.6) is 0 Å². The number of unbranched alkanes of at least 4 members (excludes halogenated alkanes) is 1. The maximum atomic E-state index is 13.6. The molecule has 1 aliphatic carbocycles. The lowest BCUT2D eigenvalue weighted by Crippen LogP contribution is -2.60. The van der Waals surface area contributed by atoms with E-state index in [1.807, 2.05) is 0 Å². The summed E-state index contributed by atoms with van der Waals surface area (Å²) in [6.45, 7) is 10.00. The number of benzene rings is 1. The summed E-state index contributed by atoms with van der Waals surface area (Å²) in [6.07, 6.45) is 7.79. The summed E-state index contributed by atoms with van der Waals surface area (Å²) in [7, 11) is 0. The summed E-state index contributed by atoms with van der Waals surface area (Å²) in [4.78, 5) is 18.7. The zero-order chi connectivity index (χ0) is 21.5. The van der Waals surface area contributed by atoms with E-state index in [-0.39, 0.29) is 5.41 Å². The quantitative estimate of drug-likeness (QED) is 0.647. The molecule has 0 radical (unpaired) electrons. The highest BCUT2D eigenvalue weighted by molar-refractivity contribution is 5.83. The molecule has 1 aromatic rings. The molecule has 4 rings (SSSR count). The van der Waals surface area contributed by atoms with Crippen molar-refractivity contribution in [3.8, 4) is 0 Å². The van der Waals surface area contributed by atoms with Gasteiger partial charge in [-0.25, -0.2) is 0 Å². The predicted octanol–water partition coefficient (Wildman–Crippen LogP) is 3.34. The van der Waals surface area contributed by atoms with Crippen LogP contribution in [0.25, 0.3) is 0 Å². The van der Waals surface area contributed by atoms with Crippen molar-refractivity contribution in [2.45, 2.75) is 57.9 Å². The first-order valence-corrected chi connectivity index (χ1v) is 12.6.